The first-order valence-electron chi connectivity index (χ1n) is 12.2. The third kappa shape index (κ3) is 6.10. The zero-order chi connectivity index (χ0) is 24.1. The van der Waals surface area contributed by atoms with Crippen molar-refractivity contribution in [2.45, 2.75) is 46.3 Å². The van der Waals surface area contributed by atoms with E-state index in [-0.39, 0.29) is 17.7 Å². The number of carbonyl (C=O) groups is 2. The highest BCUT2D eigenvalue weighted by Crippen LogP contribution is 2.19. The van der Waals surface area contributed by atoms with Gasteiger partial charge >= 0.3 is 0 Å². The summed E-state index contributed by atoms with van der Waals surface area (Å²) in [5.74, 6) is 1.23. The number of ketones is 1. The van der Waals surface area contributed by atoms with Gasteiger partial charge < -0.3 is 9.88 Å². The molecule has 2 heterocycles. The Kier molecular flexibility index (Phi) is 7.75. The van der Waals surface area contributed by atoms with Crippen molar-refractivity contribution in [3.05, 3.63) is 65.5 Å². The summed E-state index contributed by atoms with van der Waals surface area (Å²) in [7, 11) is 0. The largest absolute Gasteiger partial charge is 0.353 e. The first kappa shape index (κ1) is 24.1. The van der Waals surface area contributed by atoms with E-state index in [0.29, 0.717) is 19.5 Å². The molecule has 0 spiro atoms. The topological polar surface area (TPSA) is 70.5 Å². The second-order valence-electron chi connectivity index (χ2n) is 9.48. The third-order valence-corrected chi connectivity index (χ3v) is 6.32. The minimum atomic E-state index is 0.0866. The van der Waals surface area contributed by atoms with Crippen molar-refractivity contribution >= 4 is 22.7 Å². The molecule has 1 aliphatic heterocycles. The van der Waals surface area contributed by atoms with E-state index in [9.17, 15) is 9.59 Å². The van der Waals surface area contributed by atoms with Gasteiger partial charge in [-0.15, -0.1) is 0 Å². The number of Topliss-reactive ketones (excluding diaryl/α,β-unsaturated/α-hetero) is 1. The molecule has 0 atom stereocenters. The number of carbonyl (C=O) groups excluding carboxylic acids is 2. The Hall–Kier alpha value is -3.03. The van der Waals surface area contributed by atoms with Crippen molar-refractivity contribution in [1.82, 2.24) is 24.7 Å². The number of imidazole rings is 1. The van der Waals surface area contributed by atoms with E-state index in [1.165, 1.54) is 0 Å². The number of benzene rings is 2. The van der Waals surface area contributed by atoms with Gasteiger partial charge in [-0.2, -0.15) is 0 Å². The van der Waals surface area contributed by atoms with Crippen molar-refractivity contribution in [2.75, 3.05) is 32.7 Å². The van der Waals surface area contributed by atoms with Crippen molar-refractivity contribution in [3.8, 4) is 0 Å². The van der Waals surface area contributed by atoms with Crippen LogP contribution in [-0.2, 0) is 17.9 Å². The average Bonchev–Trinajstić information content (AvgIpc) is 3.15. The van der Waals surface area contributed by atoms with E-state index in [4.69, 9.17) is 4.98 Å². The number of piperazine rings is 1. The quantitative estimate of drug-likeness (QED) is 0.496. The Bertz CT molecular complexity index is 1130. The lowest BCUT2D eigenvalue weighted by molar-refractivity contribution is -0.123. The molecule has 1 N–H and O–H groups in total. The van der Waals surface area contributed by atoms with Gasteiger partial charge in [0, 0.05) is 50.7 Å². The molecule has 0 saturated carbocycles. The molecule has 1 amide bonds. The van der Waals surface area contributed by atoms with Crippen molar-refractivity contribution in [1.29, 1.82) is 0 Å². The van der Waals surface area contributed by atoms with Gasteiger partial charge in [-0.05, 0) is 32.9 Å². The number of hydrogen-bond acceptors (Lipinski definition) is 5. The maximum absolute atomic E-state index is 12.8. The minimum absolute atomic E-state index is 0.0866. The zero-order valence-corrected chi connectivity index (χ0v) is 20.5. The maximum atomic E-state index is 12.8. The van der Waals surface area contributed by atoms with Gasteiger partial charge in [0.05, 0.1) is 24.1 Å². The molecule has 0 bridgehead atoms. The van der Waals surface area contributed by atoms with Gasteiger partial charge in [-0.1, -0.05) is 42.0 Å². The van der Waals surface area contributed by atoms with Crippen LogP contribution in [0.5, 0.6) is 0 Å². The summed E-state index contributed by atoms with van der Waals surface area (Å²) in [5, 5.41) is 2.97. The number of nitrogens with one attached hydrogen (secondary N) is 1. The summed E-state index contributed by atoms with van der Waals surface area (Å²) in [6.07, 6.45) is 0.440. The van der Waals surface area contributed by atoms with Gasteiger partial charge in [0.2, 0.25) is 5.91 Å². The monoisotopic (exact) mass is 461 g/mol. The van der Waals surface area contributed by atoms with Crippen LogP contribution in [0.3, 0.4) is 0 Å². The highest BCUT2D eigenvalue weighted by atomic mass is 16.2. The maximum Gasteiger partial charge on any atom is 0.234 e. The van der Waals surface area contributed by atoms with Gasteiger partial charge in [0.15, 0.2) is 5.78 Å². The Morgan fingerprint density at radius 1 is 0.971 bits per heavy atom. The van der Waals surface area contributed by atoms with Crippen LogP contribution in [0.15, 0.2) is 48.5 Å². The number of rotatable bonds is 9. The molecule has 0 aliphatic carbocycles. The molecule has 1 aliphatic rings. The van der Waals surface area contributed by atoms with Gasteiger partial charge in [0.25, 0.3) is 0 Å². The van der Waals surface area contributed by atoms with E-state index in [0.717, 1.165) is 60.7 Å². The average molecular weight is 462 g/mol. The highest BCUT2D eigenvalue weighted by Gasteiger charge is 2.22. The van der Waals surface area contributed by atoms with Crippen molar-refractivity contribution < 1.29 is 9.59 Å². The minimum Gasteiger partial charge on any atom is -0.353 e. The second kappa shape index (κ2) is 10.9. The van der Waals surface area contributed by atoms with Crippen LogP contribution in [0.4, 0.5) is 0 Å². The summed E-state index contributed by atoms with van der Waals surface area (Å²) >= 11 is 0. The Morgan fingerprint density at radius 2 is 1.65 bits per heavy atom. The molecule has 34 heavy (non-hydrogen) atoms. The number of fused-ring (bicyclic) bond motifs is 1. The van der Waals surface area contributed by atoms with Crippen LogP contribution < -0.4 is 5.32 Å². The highest BCUT2D eigenvalue weighted by molar-refractivity contribution is 5.96. The molecule has 180 valence electrons. The molecule has 2 aromatic carbocycles. The molecule has 0 unspecified atom stereocenters. The van der Waals surface area contributed by atoms with E-state index < -0.39 is 0 Å². The van der Waals surface area contributed by atoms with E-state index in [1.54, 1.807) is 0 Å². The number of para-hydroxylation sites is 2. The second-order valence-corrected chi connectivity index (χ2v) is 9.48. The summed E-state index contributed by atoms with van der Waals surface area (Å²) in [6.45, 7) is 11.3. The lowest BCUT2D eigenvalue weighted by Gasteiger charge is -2.34. The van der Waals surface area contributed by atoms with E-state index >= 15 is 0 Å². The standard InChI is InChI=1S/C27H35N5O2/c1-20(2)28-27(34)19-31-16-14-30(15-17-31)18-26-29-23-6-4-5-7-24(23)32(26)13-12-25(33)22-10-8-21(3)9-11-22/h4-11,20H,12-19H2,1-3H3,(H,28,34). The normalized spacial score (nSPS) is 15.2. The number of nitrogens with zero attached hydrogens (tertiary/aromatic N) is 4. The number of amides is 1. The lowest BCUT2D eigenvalue weighted by atomic mass is 10.1. The Balaban J connectivity index is 1.40. The Labute approximate surface area is 201 Å². The van der Waals surface area contributed by atoms with Crippen LogP contribution >= 0.6 is 0 Å². The Morgan fingerprint density at radius 3 is 2.35 bits per heavy atom. The summed E-state index contributed by atoms with van der Waals surface area (Å²) in [4.78, 5) is 34.4. The molecular weight excluding hydrogens is 426 g/mol. The first-order valence-corrected chi connectivity index (χ1v) is 12.2. The number of aryl methyl sites for hydroxylation is 2. The number of hydrogen-bond donors (Lipinski definition) is 1. The predicted molar refractivity (Wildman–Crippen MR) is 135 cm³/mol. The van der Waals surface area contributed by atoms with Crippen LogP contribution in [-0.4, -0.2) is 69.8 Å². The number of aromatic nitrogens is 2. The molecule has 4 rings (SSSR count). The SMILES string of the molecule is Cc1ccc(C(=O)CCn2c(CN3CCN(CC(=O)NC(C)C)CC3)nc3ccccc32)cc1. The van der Waals surface area contributed by atoms with Crippen LogP contribution in [0.1, 0.15) is 42.0 Å². The molecular formula is C27H35N5O2. The van der Waals surface area contributed by atoms with Crippen molar-refractivity contribution in [2.24, 2.45) is 0 Å². The van der Waals surface area contributed by atoms with E-state index in [1.807, 2.05) is 63.2 Å². The third-order valence-electron chi connectivity index (χ3n) is 6.32. The van der Waals surface area contributed by atoms with Crippen LogP contribution in [0.2, 0.25) is 0 Å². The smallest absolute Gasteiger partial charge is 0.234 e. The molecule has 1 aromatic heterocycles. The lowest BCUT2D eigenvalue weighted by Crippen LogP contribution is -2.49. The summed E-state index contributed by atoms with van der Waals surface area (Å²) in [5.41, 5.74) is 3.94. The molecule has 0 radical (unpaired) electrons. The fraction of sp³-hybridized carbons (Fsp3) is 0.444. The van der Waals surface area contributed by atoms with E-state index in [2.05, 4.69) is 25.8 Å². The molecule has 7 nitrogen and oxygen atoms in total. The van der Waals surface area contributed by atoms with Crippen LogP contribution in [0, 0.1) is 6.92 Å². The zero-order valence-electron chi connectivity index (χ0n) is 20.5. The molecule has 3 aromatic rings. The first-order chi connectivity index (χ1) is 16.4. The summed E-state index contributed by atoms with van der Waals surface area (Å²) < 4.78 is 2.20. The summed E-state index contributed by atoms with van der Waals surface area (Å²) in [6, 6.07) is 16.1. The van der Waals surface area contributed by atoms with Gasteiger partial charge in [-0.25, -0.2) is 4.98 Å². The fourth-order valence-electron chi connectivity index (χ4n) is 4.47. The molecule has 1 fully saturated rings. The molecule has 7 heteroatoms. The molecule has 1 saturated heterocycles. The fourth-order valence-corrected chi connectivity index (χ4v) is 4.47. The van der Waals surface area contributed by atoms with Gasteiger partial charge in [0.1, 0.15) is 5.82 Å². The van der Waals surface area contributed by atoms with Crippen LogP contribution in [0.25, 0.3) is 11.0 Å². The van der Waals surface area contributed by atoms with Crippen molar-refractivity contribution in [3.63, 3.8) is 0 Å². The predicted octanol–water partition coefficient (Wildman–Crippen LogP) is 3.26. The van der Waals surface area contributed by atoms with Gasteiger partial charge in [-0.3, -0.25) is 19.4 Å².